The summed E-state index contributed by atoms with van der Waals surface area (Å²) < 4.78 is 0. The van der Waals surface area contributed by atoms with Crippen LogP contribution in [0.15, 0.2) is 78.9 Å². The predicted octanol–water partition coefficient (Wildman–Crippen LogP) is 4.70. The zero-order valence-corrected chi connectivity index (χ0v) is 17.0. The number of nitrogens with zero attached hydrogens (tertiary/aromatic N) is 1. The van der Waals surface area contributed by atoms with Crippen LogP contribution < -0.4 is 15.5 Å². The Labute approximate surface area is 176 Å². The molecule has 3 amide bonds. The van der Waals surface area contributed by atoms with Gasteiger partial charge < -0.3 is 15.5 Å². The highest BCUT2D eigenvalue weighted by molar-refractivity contribution is 6.02. The summed E-state index contributed by atoms with van der Waals surface area (Å²) in [6.07, 6.45) is 1.63. The summed E-state index contributed by atoms with van der Waals surface area (Å²) in [5.74, 6) is -0.134. The van der Waals surface area contributed by atoms with Crippen molar-refractivity contribution in [2.45, 2.75) is 25.8 Å². The number of hydrogen-bond acceptors (Lipinski definition) is 2. The van der Waals surface area contributed by atoms with E-state index in [4.69, 9.17) is 0 Å². The van der Waals surface area contributed by atoms with Crippen molar-refractivity contribution in [1.29, 1.82) is 0 Å². The van der Waals surface area contributed by atoms with Crippen molar-refractivity contribution < 1.29 is 9.59 Å². The molecule has 0 aromatic heterocycles. The second kappa shape index (κ2) is 8.82. The minimum Gasteiger partial charge on any atom is -0.322 e. The summed E-state index contributed by atoms with van der Waals surface area (Å²) in [6, 6.07) is 23.8. The van der Waals surface area contributed by atoms with E-state index in [1.54, 1.807) is 4.90 Å². The first-order valence-electron chi connectivity index (χ1n) is 10.3. The number of carbonyl (C=O) groups excluding carboxylic acids is 2. The van der Waals surface area contributed by atoms with Crippen LogP contribution in [0.25, 0.3) is 0 Å². The third-order valence-corrected chi connectivity index (χ3v) is 5.45. The Morgan fingerprint density at radius 2 is 1.63 bits per heavy atom. The van der Waals surface area contributed by atoms with Gasteiger partial charge in [0.25, 0.3) is 5.91 Å². The van der Waals surface area contributed by atoms with Crippen molar-refractivity contribution in [3.8, 4) is 0 Å². The normalized spacial score (nSPS) is 13.4. The zero-order valence-electron chi connectivity index (χ0n) is 17.0. The number of hydrogen-bond donors (Lipinski definition) is 2. The number of fused-ring (bicyclic) bond motifs is 1. The van der Waals surface area contributed by atoms with Gasteiger partial charge >= 0.3 is 6.03 Å². The van der Waals surface area contributed by atoms with E-state index in [1.165, 1.54) is 0 Å². The maximum absolute atomic E-state index is 13.5. The van der Waals surface area contributed by atoms with Crippen LogP contribution in [0, 0.1) is 0 Å². The summed E-state index contributed by atoms with van der Waals surface area (Å²) in [7, 11) is 0. The quantitative estimate of drug-likeness (QED) is 0.653. The third-order valence-electron chi connectivity index (χ3n) is 5.45. The maximum Gasteiger partial charge on any atom is 0.320 e. The van der Waals surface area contributed by atoms with Gasteiger partial charge in [-0.2, -0.15) is 0 Å². The van der Waals surface area contributed by atoms with Crippen molar-refractivity contribution in [3.63, 3.8) is 0 Å². The molecule has 0 saturated carbocycles. The van der Waals surface area contributed by atoms with Gasteiger partial charge in [-0.05, 0) is 41.7 Å². The van der Waals surface area contributed by atoms with E-state index in [-0.39, 0.29) is 5.91 Å². The lowest BCUT2D eigenvalue weighted by atomic mass is 10.1. The Morgan fingerprint density at radius 3 is 2.43 bits per heavy atom. The Kier molecular flexibility index (Phi) is 5.80. The number of carbonyl (C=O) groups is 2. The third kappa shape index (κ3) is 4.06. The number of anilines is 2. The molecule has 0 fully saturated rings. The standard InChI is InChI=1S/C25H25N3O2/c1-2-18-10-6-8-14-21(18)26-25(30)27-23(20-12-4-3-5-13-20)24(29)28-17-16-19-11-7-9-15-22(19)28/h3-15,23H,2,16-17H2,1H3,(H2,26,27,30)/t23-/m0/s1. The van der Waals surface area contributed by atoms with Crippen LogP contribution >= 0.6 is 0 Å². The molecule has 0 saturated heterocycles. The summed E-state index contributed by atoms with van der Waals surface area (Å²) >= 11 is 0. The molecule has 5 heteroatoms. The van der Waals surface area contributed by atoms with Crippen LogP contribution in [-0.4, -0.2) is 18.5 Å². The average molecular weight is 399 g/mol. The highest BCUT2D eigenvalue weighted by atomic mass is 16.2. The van der Waals surface area contributed by atoms with E-state index in [0.717, 1.165) is 40.9 Å². The molecule has 0 unspecified atom stereocenters. The molecule has 1 aliphatic rings. The van der Waals surface area contributed by atoms with Gasteiger partial charge in [0, 0.05) is 17.9 Å². The molecule has 1 aliphatic heterocycles. The van der Waals surface area contributed by atoms with E-state index < -0.39 is 12.1 Å². The second-order valence-electron chi connectivity index (χ2n) is 7.32. The molecule has 4 rings (SSSR count). The molecule has 5 nitrogen and oxygen atoms in total. The van der Waals surface area contributed by atoms with Crippen molar-refractivity contribution >= 4 is 23.3 Å². The largest absolute Gasteiger partial charge is 0.322 e. The Balaban J connectivity index is 1.58. The van der Waals surface area contributed by atoms with Crippen molar-refractivity contribution in [3.05, 3.63) is 95.6 Å². The van der Waals surface area contributed by atoms with Gasteiger partial charge in [-0.3, -0.25) is 4.79 Å². The van der Waals surface area contributed by atoms with E-state index in [9.17, 15) is 9.59 Å². The van der Waals surface area contributed by atoms with Gasteiger partial charge in [-0.25, -0.2) is 4.79 Å². The van der Waals surface area contributed by atoms with Crippen molar-refractivity contribution in [1.82, 2.24) is 5.32 Å². The monoisotopic (exact) mass is 399 g/mol. The van der Waals surface area contributed by atoms with Gasteiger partial charge in [-0.1, -0.05) is 73.7 Å². The number of urea groups is 1. The highest BCUT2D eigenvalue weighted by Crippen LogP contribution is 2.30. The lowest BCUT2D eigenvalue weighted by molar-refractivity contribution is -0.120. The summed E-state index contributed by atoms with van der Waals surface area (Å²) in [6.45, 7) is 2.66. The molecule has 0 spiro atoms. The van der Waals surface area contributed by atoms with Gasteiger partial charge in [0.05, 0.1) is 0 Å². The van der Waals surface area contributed by atoms with Crippen LogP contribution in [0.2, 0.25) is 0 Å². The Bertz CT molecular complexity index is 1050. The van der Waals surface area contributed by atoms with E-state index in [1.807, 2.05) is 85.8 Å². The molecule has 3 aromatic carbocycles. The number of nitrogens with one attached hydrogen (secondary N) is 2. The van der Waals surface area contributed by atoms with E-state index in [2.05, 4.69) is 10.6 Å². The Hall–Kier alpha value is -3.60. The Morgan fingerprint density at radius 1 is 0.933 bits per heavy atom. The molecule has 0 radical (unpaired) electrons. The molecule has 2 N–H and O–H groups in total. The van der Waals surface area contributed by atoms with E-state index in [0.29, 0.717) is 6.54 Å². The zero-order chi connectivity index (χ0) is 20.9. The second-order valence-corrected chi connectivity index (χ2v) is 7.32. The smallest absolute Gasteiger partial charge is 0.320 e. The minimum atomic E-state index is -0.772. The lowest BCUT2D eigenvalue weighted by Gasteiger charge is -2.25. The van der Waals surface area contributed by atoms with Crippen molar-refractivity contribution in [2.24, 2.45) is 0 Å². The molecular formula is C25H25N3O2. The molecule has 30 heavy (non-hydrogen) atoms. The molecular weight excluding hydrogens is 374 g/mol. The van der Waals surface area contributed by atoms with Crippen LogP contribution in [0.4, 0.5) is 16.2 Å². The molecule has 0 bridgehead atoms. The van der Waals surface area contributed by atoms with Crippen LogP contribution in [-0.2, 0) is 17.6 Å². The first-order chi connectivity index (χ1) is 14.7. The lowest BCUT2D eigenvalue weighted by Crippen LogP contribution is -2.44. The first kappa shape index (κ1) is 19.7. The van der Waals surface area contributed by atoms with Gasteiger partial charge in [0.2, 0.25) is 0 Å². The number of para-hydroxylation sites is 2. The first-order valence-corrected chi connectivity index (χ1v) is 10.3. The van der Waals surface area contributed by atoms with Gasteiger partial charge in [0.1, 0.15) is 6.04 Å². The maximum atomic E-state index is 13.5. The number of benzene rings is 3. The number of aryl methyl sites for hydroxylation is 1. The average Bonchev–Trinajstić information content (AvgIpc) is 3.22. The number of amides is 3. The molecule has 0 aliphatic carbocycles. The minimum absolute atomic E-state index is 0.134. The topological polar surface area (TPSA) is 61.4 Å². The molecule has 3 aromatic rings. The van der Waals surface area contributed by atoms with Gasteiger partial charge in [0.15, 0.2) is 0 Å². The summed E-state index contributed by atoms with van der Waals surface area (Å²) in [5.41, 5.74) is 4.62. The fourth-order valence-corrected chi connectivity index (χ4v) is 3.90. The SMILES string of the molecule is CCc1ccccc1NC(=O)N[C@H](C(=O)N1CCc2ccccc21)c1ccccc1. The fourth-order valence-electron chi connectivity index (χ4n) is 3.90. The number of rotatable bonds is 5. The molecule has 1 heterocycles. The highest BCUT2D eigenvalue weighted by Gasteiger charge is 2.32. The van der Waals surface area contributed by atoms with E-state index >= 15 is 0 Å². The fraction of sp³-hybridized carbons (Fsp3) is 0.200. The predicted molar refractivity (Wildman–Crippen MR) is 120 cm³/mol. The van der Waals surface area contributed by atoms with Crippen LogP contribution in [0.5, 0.6) is 0 Å². The van der Waals surface area contributed by atoms with Crippen LogP contribution in [0.3, 0.4) is 0 Å². The van der Waals surface area contributed by atoms with Crippen LogP contribution in [0.1, 0.15) is 29.7 Å². The van der Waals surface area contributed by atoms with Gasteiger partial charge in [-0.15, -0.1) is 0 Å². The molecule has 152 valence electrons. The summed E-state index contributed by atoms with van der Waals surface area (Å²) in [4.78, 5) is 28.1. The molecule has 1 atom stereocenters. The van der Waals surface area contributed by atoms with Crippen molar-refractivity contribution in [2.75, 3.05) is 16.8 Å². The summed E-state index contributed by atoms with van der Waals surface area (Å²) in [5, 5.41) is 5.80.